The van der Waals surface area contributed by atoms with Crippen LogP contribution in [0.3, 0.4) is 0 Å². The van der Waals surface area contributed by atoms with E-state index in [9.17, 15) is 0 Å². The maximum atomic E-state index is 3.56. The van der Waals surface area contributed by atoms with Gasteiger partial charge in [0.05, 0.1) is 0 Å². The van der Waals surface area contributed by atoms with E-state index < -0.39 is 0 Å². The Morgan fingerprint density at radius 1 is 1.39 bits per heavy atom. The quantitative estimate of drug-likeness (QED) is 0.878. The van der Waals surface area contributed by atoms with E-state index in [0.717, 1.165) is 25.0 Å². The molecule has 0 amide bonds. The van der Waals surface area contributed by atoms with Gasteiger partial charge in [0.2, 0.25) is 0 Å². The Kier molecular flexibility index (Phi) is 3.29. The van der Waals surface area contributed by atoms with Crippen molar-refractivity contribution in [2.45, 2.75) is 45.7 Å². The van der Waals surface area contributed by atoms with Crippen molar-refractivity contribution in [1.29, 1.82) is 0 Å². The summed E-state index contributed by atoms with van der Waals surface area (Å²) in [4.78, 5) is 2.68. The molecular weight excluding hydrogens is 220 g/mol. The largest absolute Gasteiger partial charge is 0.384 e. The molecule has 1 N–H and O–H groups in total. The molecule has 0 saturated carbocycles. The number of para-hydroxylation sites is 1. The fourth-order valence-corrected chi connectivity index (χ4v) is 3.71. The molecule has 18 heavy (non-hydrogen) atoms. The van der Waals surface area contributed by atoms with E-state index in [2.05, 4.69) is 42.3 Å². The molecule has 3 rings (SSSR count). The Hall–Kier alpha value is -1.02. The summed E-state index contributed by atoms with van der Waals surface area (Å²) in [5.74, 6) is 0.861. The standard InChI is InChI=1S/C16H24N2/c1-3-15-12(2)8-10-18(15)11-14-6-4-5-13-7-9-17-16(13)14/h4-6,12,15,17H,3,7-11H2,1-2H3. The lowest BCUT2D eigenvalue weighted by atomic mass is 10.0. The zero-order chi connectivity index (χ0) is 12.5. The van der Waals surface area contributed by atoms with Gasteiger partial charge in [-0.2, -0.15) is 0 Å². The SMILES string of the molecule is CCC1C(C)CCN1Cc1cccc2c1NCC2. The monoisotopic (exact) mass is 244 g/mol. The van der Waals surface area contributed by atoms with Crippen molar-refractivity contribution in [3.05, 3.63) is 29.3 Å². The minimum absolute atomic E-state index is 0.780. The van der Waals surface area contributed by atoms with Crippen molar-refractivity contribution in [2.24, 2.45) is 5.92 Å². The molecule has 98 valence electrons. The van der Waals surface area contributed by atoms with E-state index >= 15 is 0 Å². The first kappa shape index (κ1) is 12.0. The number of hydrogen-bond acceptors (Lipinski definition) is 2. The summed E-state index contributed by atoms with van der Waals surface area (Å²) in [5, 5.41) is 3.56. The second kappa shape index (κ2) is 4.93. The first-order chi connectivity index (χ1) is 8.79. The highest BCUT2D eigenvalue weighted by Gasteiger charge is 2.30. The lowest BCUT2D eigenvalue weighted by Crippen LogP contribution is -2.31. The van der Waals surface area contributed by atoms with Gasteiger partial charge in [0.25, 0.3) is 0 Å². The van der Waals surface area contributed by atoms with E-state index in [0.29, 0.717) is 0 Å². The third-order valence-corrected chi connectivity index (χ3v) is 4.72. The predicted octanol–water partition coefficient (Wildman–Crippen LogP) is 3.28. The van der Waals surface area contributed by atoms with Crippen molar-refractivity contribution in [3.8, 4) is 0 Å². The van der Waals surface area contributed by atoms with Crippen LogP contribution in [0.4, 0.5) is 5.69 Å². The van der Waals surface area contributed by atoms with Gasteiger partial charge >= 0.3 is 0 Å². The van der Waals surface area contributed by atoms with Crippen molar-refractivity contribution in [3.63, 3.8) is 0 Å². The average Bonchev–Trinajstić information content (AvgIpc) is 2.97. The fraction of sp³-hybridized carbons (Fsp3) is 0.625. The second-order valence-electron chi connectivity index (χ2n) is 5.84. The van der Waals surface area contributed by atoms with Crippen LogP contribution in [0.15, 0.2) is 18.2 Å². The smallest absolute Gasteiger partial charge is 0.0419 e. The number of anilines is 1. The molecule has 1 fully saturated rings. The molecule has 0 radical (unpaired) electrons. The molecule has 2 atom stereocenters. The van der Waals surface area contributed by atoms with E-state index in [4.69, 9.17) is 0 Å². The summed E-state index contributed by atoms with van der Waals surface area (Å²) in [7, 11) is 0. The molecule has 2 heteroatoms. The van der Waals surface area contributed by atoms with Gasteiger partial charge in [0.15, 0.2) is 0 Å². The predicted molar refractivity (Wildman–Crippen MR) is 76.9 cm³/mol. The molecule has 2 aliphatic rings. The number of likely N-dealkylation sites (tertiary alicyclic amines) is 1. The number of hydrogen-bond donors (Lipinski definition) is 1. The van der Waals surface area contributed by atoms with Gasteiger partial charge < -0.3 is 5.32 Å². The van der Waals surface area contributed by atoms with Gasteiger partial charge in [-0.15, -0.1) is 0 Å². The van der Waals surface area contributed by atoms with Crippen LogP contribution in [-0.2, 0) is 13.0 Å². The fourth-order valence-electron chi connectivity index (χ4n) is 3.71. The number of fused-ring (bicyclic) bond motifs is 1. The third kappa shape index (κ3) is 2.03. The summed E-state index contributed by atoms with van der Waals surface area (Å²) in [6.45, 7) is 8.23. The van der Waals surface area contributed by atoms with Crippen molar-refractivity contribution in [2.75, 3.05) is 18.4 Å². The molecule has 0 spiro atoms. The summed E-state index contributed by atoms with van der Waals surface area (Å²) in [6.07, 6.45) is 3.83. The first-order valence-corrected chi connectivity index (χ1v) is 7.38. The molecule has 1 saturated heterocycles. The Balaban J connectivity index is 1.79. The Morgan fingerprint density at radius 2 is 2.28 bits per heavy atom. The molecule has 0 aliphatic carbocycles. The topological polar surface area (TPSA) is 15.3 Å². The summed E-state index contributed by atoms with van der Waals surface area (Å²) < 4.78 is 0. The second-order valence-corrected chi connectivity index (χ2v) is 5.84. The van der Waals surface area contributed by atoms with Crippen LogP contribution in [0.5, 0.6) is 0 Å². The van der Waals surface area contributed by atoms with Crippen LogP contribution in [0.1, 0.15) is 37.8 Å². The molecule has 1 aromatic rings. The number of nitrogens with one attached hydrogen (secondary N) is 1. The minimum Gasteiger partial charge on any atom is -0.384 e. The van der Waals surface area contributed by atoms with Gasteiger partial charge in [-0.05, 0) is 42.9 Å². The Bertz CT molecular complexity index is 427. The van der Waals surface area contributed by atoms with Crippen molar-refractivity contribution >= 4 is 5.69 Å². The van der Waals surface area contributed by atoms with E-state index in [1.807, 2.05) is 0 Å². The molecular formula is C16H24N2. The van der Waals surface area contributed by atoms with Gasteiger partial charge in [-0.1, -0.05) is 32.0 Å². The van der Waals surface area contributed by atoms with Crippen LogP contribution in [-0.4, -0.2) is 24.0 Å². The van der Waals surface area contributed by atoms with Gasteiger partial charge in [-0.25, -0.2) is 0 Å². The maximum Gasteiger partial charge on any atom is 0.0419 e. The normalized spacial score (nSPS) is 27.2. The minimum atomic E-state index is 0.780. The van der Waals surface area contributed by atoms with Gasteiger partial charge in [0, 0.05) is 24.8 Å². The molecule has 2 aliphatic heterocycles. The van der Waals surface area contributed by atoms with Crippen molar-refractivity contribution < 1.29 is 0 Å². The number of rotatable bonds is 3. The lowest BCUT2D eigenvalue weighted by molar-refractivity contribution is 0.217. The lowest BCUT2D eigenvalue weighted by Gasteiger charge is -2.26. The summed E-state index contributed by atoms with van der Waals surface area (Å²) in [5.41, 5.74) is 4.43. The van der Waals surface area contributed by atoms with Gasteiger partial charge in [-0.3, -0.25) is 4.90 Å². The van der Waals surface area contributed by atoms with Crippen LogP contribution >= 0.6 is 0 Å². The van der Waals surface area contributed by atoms with Crippen molar-refractivity contribution in [1.82, 2.24) is 4.90 Å². The summed E-state index contributed by atoms with van der Waals surface area (Å²) >= 11 is 0. The van der Waals surface area contributed by atoms with E-state index in [1.54, 1.807) is 0 Å². The Labute approximate surface area is 110 Å². The number of benzene rings is 1. The van der Waals surface area contributed by atoms with Crippen LogP contribution in [0, 0.1) is 5.92 Å². The highest BCUT2D eigenvalue weighted by atomic mass is 15.2. The molecule has 2 nitrogen and oxygen atoms in total. The van der Waals surface area contributed by atoms with Crippen LogP contribution < -0.4 is 5.32 Å². The van der Waals surface area contributed by atoms with E-state index in [-0.39, 0.29) is 0 Å². The van der Waals surface area contributed by atoms with Gasteiger partial charge in [0.1, 0.15) is 0 Å². The molecule has 0 bridgehead atoms. The van der Waals surface area contributed by atoms with Crippen LogP contribution in [0.2, 0.25) is 0 Å². The van der Waals surface area contributed by atoms with E-state index in [1.165, 1.54) is 42.6 Å². The highest BCUT2D eigenvalue weighted by molar-refractivity contribution is 5.61. The van der Waals surface area contributed by atoms with Crippen LogP contribution in [0.25, 0.3) is 0 Å². The molecule has 0 aromatic heterocycles. The summed E-state index contributed by atoms with van der Waals surface area (Å²) in [6, 6.07) is 7.57. The number of nitrogens with zero attached hydrogens (tertiary/aromatic N) is 1. The molecule has 2 unspecified atom stereocenters. The maximum absolute atomic E-state index is 3.56. The molecule has 1 aromatic carbocycles. The highest BCUT2D eigenvalue weighted by Crippen LogP contribution is 2.32. The Morgan fingerprint density at radius 3 is 3.11 bits per heavy atom. The molecule has 2 heterocycles. The third-order valence-electron chi connectivity index (χ3n) is 4.72. The first-order valence-electron chi connectivity index (χ1n) is 7.38. The average molecular weight is 244 g/mol. The zero-order valence-electron chi connectivity index (χ0n) is 11.6. The zero-order valence-corrected chi connectivity index (χ0v) is 11.6.